The molecule has 13 heavy (non-hydrogen) atoms. The van der Waals surface area contributed by atoms with Crippen LogP contribution >= 0.6 is 11.6 Å². The van der Waals surface area contributed by atoms with Crippen molar-refractivity contribution >= 4 is 23.1 Å². The first-order valence-corrected chi connectivity index (χ1v) is 4.65. The van der Waals surface area contributed by atoms with E-state index in [1.54, 1.807) is 18.2 Å². The fraction of sp³-hybridized carbons (Fsp3) is 0.300. The molecule has 0 atom stereocenters. The molecule has 0 saturated heterocycles. The highest BCUT2D eigenvalue weighted by molar-refractivity contribution is 6.33. The highest BCUT2D eigenvalue weighted by Crippen LogP contribution is 2.33. The first-order chi connectivity index (χ1) is 6.18. The Hall–Kier alpha value is -1.02. The highest BCUT2D eigenvalue weighted by Gasteiger charge is 2.30. The summed E-state index contributed by atoms with van der Waals surface area (Å²) in [7, 11) is 0. The Morgan fingerprint density at radius 2 is 2.15 bits per heavy atom. The van der Waals surface area contributed by atoms with Crippen LogP contribution in [0.15, 0.2) is 18.2 Å². The maximum atomic E-state index is 11.6. The molecule has 2 nitrogen and oxygen atoms in total. The van der Waals surface area contributed by atoms with Gasteiger partial charge in [0.25, 0.3) is 0 Å². The minimum atomic E-state index is 0.196. The third kappa shape index (κ3) is 1.68. The second-order valence-electron chi connectivity index (χ2n) is 3.37. The Kier molecular flexibility index (Phi) is 2.00. The minimum Gasteiger partial charge on any atom is -0.398 e. The zero-order valence-electron chi connectivity index (χ0n) is 7.09. The predicted molar refractivity (Wildman–Crippen MR) is 52.9 cm³/mol. The smallest absolute Gasteiger partial charge is 0.165 e. The molecule has 68 valence electrons. The lowest BCUT2D eigenvalue weighted by Crippen LogP contribution is -2.01. The first-order valence-electron chi connectivity index (χ1n) is 4.27. The fourth-order valence-corrected chi connectivity index (χ4v) is 1.44. The Morgan fingerprint density at radius 1 is 1.46 bits per heavy atom. The van der Waals surface area contributed by atoms with Gasteiger partial charge in [0.2, 0.25) is 0 Å². The van der Waals surface area contributed by atoms with Crippen LogP contribution in [-0.4, -0.2) is 5.78 Å². The number of nitrogens with two attached hydrogens (primary N) is 1. The summed E-state index contributed by atoms with van der Waals surface area (Å²) in [6, 6.07) is 5.07. The molecule has 1 aliphatic carbocycles. The van der Waals surface area contributed by atoms with Crippen molar-refractivity contribution in [3.63, 3.8) is 0 Å². The number of anilines is 1. The maximum Gasteiger partial charge on any atom is 0.165 e. The van der Waals surface area contributed by atoms with Crippen LogP contribution in [-0.2, 0) is 0 Å². The molecule has 3 heteroatoms. The van der Waals surface area contributed by atoms with Crippen molar-refractivity contribution in [2.75, 3.05) is 5.73 Å². The van der Waals surface area contributed by atoms with Crippen molar-refractivity contribution < 1.29 is 4.79 Å². The lowest BCUT2D eigenvalue weighted by atomic mass is 10.1. The normalized spacial score (nSPS) is 15.8. The summed E-state index contributed by atoms with van der Waals surface area (Å²) >= 11 is 5.81. The zero-order valence-corrected chi connectivity index (χ0v) is 7.84. The predicted octanol–water partition coefficient (Wildman–Crippen LogP) is 2.51. The number of ketones is 1. The average Bonchev–Trinajstić information content (AvgIpc) is 2.91. The van der Waals surface area contributed by atoms with Crippen LogP contribution in [0.4, 0.5) is 5.69 Å². The fourth-order valence-electron chi connectivity index (χ4n) is 1.26. The van der Waals surface area contributed by atoms with Crippen LogP contribution in [0.5, 0.6) is 0 Å². The topological polar surface area (TPSA) is 43.1 Å². The standard InChI is InChI=1S/C10H10ClNO/c11-8-5-7(3-4-9(8)12)10(13)6-1-2-6/h3-6H,1-2,12H2. The second kappa shape index (κ2) is 3.04. The number of benzene rings is 1. The van der Waals surface area contributed by atoms with Gasteiger partial charge in [-0.2, -0.15) is 0 Å². The maximum absolute atomic E-state index is 11.6. The Balaban J connectivity index is 2.30. The van der Waals surface area contributed by atoms with Gasteiger partial charge in [0, 0.05) is 11.5 Å². The van der Waals surface area contributed by atoms with Crippen molar-refractivity contribution in [3.05, 3.63) is 28.8 Å². The number of hydrogen-bond acceptors (Lipinski definition) is 2. The van der Waals surface area contributed by atoms with Gasteiger partial charge in [-0.15, -0.1) is 0 Å². The lowest BCUT2D eigenvalue weighted by molar-refractivity contribution is 0.0967. The van der Waals surface area contributed by atoms with E-state index in [2.05, 4.69) is 0 Å². The number of Topliss-reactive ketones (excluding diaryl/α,β-unsaturated/α-hetero) is 1. The van der Waals surface area contributed by atoms with Gasteiger partial charge in [-0.05, 0) is 31.0 Å². The quantitative estimate of drug-likeness (QED) is 0.582. The van der Waals surface area contributed by atoms with Crippen molar-refractivity contribution in [2.24, 2.45) is 5.92 Å². The summed E-state index contributed by atoms with van der Waals surface area (Å²) in [5.41, 5.74) is 6.74. The molecule has 0 radical (unpaired) electrons. The number of nitrogen functional groups attached to an aromatic ring is 1. The Labute approximate surface area is 81.7 Å². The SMILES string of the molecule is Nc1ccc(C(=O)C2CC2)cc1Cl. The molecule has 1 saturated carbocycles. The Morgan fingerprint density at radius 3 is 2.69 bits per heavy atom. The van der Waals surface area contributed by atoms with Crippen LogP contribution in [0.2, 0.25) is 5.02 Å². The van der Waals surface area contributed by atoms with Gasteiger partial charge in [0.05, 0.1) is 10.7 Å². The van der Waals surface area contributed by atoms with Crippen LogP contribution in [0, 0.1) is 5.92 Å². The molecular formula is C10H10ClNO. The van der Waals surface area contributed by atoms with E-state index in [-0.39, 0.29) is 11.7 Å². The summed E-state index contributed by atoms with van der Waals surface area (Å²) in [6.45, 7) is 0. The van der Waals surface area contributed by atoms with E-state index >= 15 is 0 Å². The molecule has 1 aliphatic rings. The molecule has 1 aromatic rings. The van der Waals surface area contributed by atoms with Crippen LogP contribution in [0.3, 0.4) is 0 Å². The average molecular weight is 196 g/mol. The van der Waals surface area contributed by atoms with E-state index in [0.717, 1.165) is 12.8 Å². The monoisotopic (exact) mass is 195 g/mol. The van der Waals surface area contributed by atoms with Crippen molar-refractivity contribution in [3.8, 4) is 0 Å². The summed E-state index contributed by atoms with van der Waals surface area (Å²) in [6.07, 6.45) is 2.03. The molecular weight excluding hydrogens is 186 g/mol. The first kappa shape index (κ1) is 8.57. The molecule has 0 heterocycles. The number of halogens is 1. The molecule has 1 fully saturated rings. The third-order valence-corrected chi connectivity index (χ3v) is 2.56. The molecule has 0 unspecified atom stereocenters. The van der Waals surface area contributed by atoms with E-state index < -0.39 is 0 Å². The molecule has 0 spiro atoms. The van der Waals surface area contributed by atoms with E-state index in [1.807, 2.05) is 0 Å². The van der Waals surface area contributed by atoms with Gasteiger partial charge in [-0.3, -0.25) is 4.79 Å². The largest absolute Gasteiger partial charge is 0.398 e. The van der Waals surface area contributed by atoms with Gasteiger partial charge < -0.3 is 5.73 Å². The van der Waals surface area contributed by atoms with Crippen molar-refractivity contribution in [2.45, 2.75) is 12.8 Å². The number of carbonyl (C=O) groups is 1. The molecule has 0 aromatic heterocycles. The van der Waals surface area contributed by atoms with Crippen LogP contribution < -0.4 is 5.73 Å². The van der Waals surface area contributed by atoms with E-state index in [9.17, 15) is 4.79 Å². The number of carbonyl (C=O) groups excluding carboxylic acids is 1. The van der Waals surface area contributed by atoms with E-state index in [0.29, 0.717) is 16.3 Å². The minimum absolute atomic E-state index is 0.196. The van der Waals surface area contributed by atoms with Crippen molar-refractivity contribution in [1.29, 1.82) is 0 Å². The van der Waals surface area contributed by atoms with E-state index in [4.69, 9.17) is 17.3 Å². The van der Waals surface area contributed by atoms with Crippen LogP contribution in [0.25, 0.3) is 0 Å². The third-order valence-electron chi connectivity index (χ3n) is 2.23. The second-order valence-corrected chi connectivity index (χ2v) is 3.78. The molecule has 0 amide bonds. The zero-order chi connectivity index (χ0) is 9.42. The van der Waals surface area contributed by atoms with Gasteiger partial charge in [0.1, 0.15) is 0 Å². The Bertz CT molecular complexity index is 358. The molecule has 2 rings (SSSR count). The molecule has 0 bridgehead atoms. The van der Waals surface area contributed by atoms with Gasteiger partial charge in [0.15, 0.2) is 5.78 Å². The molecule has 0 aliphatic heterocycles. The van der Waals surface area contributed by atoms with E-state index in [1.165, 1.54) is 0 Å². The molecule has 2 N–H and O–H groups in total. The highest BCUT2D eigenvalue weighted by atomic mass is 35.5. The summed E-state index contributed by atoms with van der Waals surface area (Å²) in [5, 5.41) is 0.464. The summed E-state index contributed by atoms with van der Waals surface area (Å²) < 4.78 is 0. The van der Waals surface area contributed by atoms with Crippen molar-refractivity contribution in [1.82, 2.24) is 0 Å². The lowest BCUT2D eigenvalue weighted by Gasteiger charge is -2.01. The number of rotatable bonds is 2. The molecule has 1 aromatic carbocycles. The van der Waals surface area contributed by atoms with Crippen LogP contribution in [0.1, 0.15) is 23.2 Å². The summed E-state index contributed by atoms with van der Waals surface area (Å²) in [4.78, 5) is 11.6. The van der Waals surface area contributed by atoms with Gasteiger partial charge in [-0.1, -0.05) is 11.6 Å². The van der Waals surface area contributed by atoms with Gasteiger partial charge >= 0.3 is 0 Å². The van der Waals surface area contributed by atoms with Gasteiger partial charge in [-0.25, -0.2) is 0 Å². The summed E-state index contributed by atoms with van der Waals surface area (Å²) in [5.74, 6) is 0.432. The number of hydrogen-bond donors (Lipinski definition) is 1.